The Hall–Kier alpha value is -3.49. The van der Waals surface area contributed by atoms with Gasteiger partial charge in [-0.05, 0) is 57.8 Å². The molecule has 2 atom stereocenters. The molecule has 8 nitrogen and oxygen atoms in total. The summed E-state index contributed by atoms with van der Waals surface area (Å²) < 4.78 is 17.1. The molecule has 0 radical (unpaired) electrons. The highest BCUT2D eigenvalue weighted by Gasteiger charge is 2.25. The molecule has 0 aromatic rings. The van der Waals surface area contributed by atoms with E-state index in [1.54, 1.807) is 21.1 Å². The van der Waals surface area contributed by atoms with Crippen LogP contribution in [-0.4, -0.2) is 75.5 Å². The largest absolute Gasteiger partial charge is 0.544 e. The van der Waals surface area contributed by atoms with Gasteiger partial charge in [0.2, 0.25) is 0 Å². The molecule has 0 fully saturated rings. The summed E-state index contributed by atoms with van der Waals surface area (Å²) in [6.45, 7) is 4.40. The second-order valence-electron chi connectivity index (χ2n) is 14.6. The summed E-state index contributed by atoms with van der Waals surface area (Å²) in [5.41, 5.74) is 0. The molecule has 0 saturated heterocycles. The van der Waals surface area contributed by atoms with E-state index in [1.807, 2.05) is 48.6 Å². The molecule has 0 aliphatic rings. The summed E-state index contributed by atoms with van der Waals surface area (Å²) in [7, 11) is 5.37. The van der Waals surface area contributed by atoms with E-state index in [-0.39, 0.29) is 42.7 Å². The summed E-state index contributed by atoms with van der Waals surface area (Å²) in [5.74, 6) is -1.82. The summed E-state index contributed by atoms with van der Waals surface area (Å²) >= 11 is 0. The Morgan fingerprint density at radius 1 is 0.574 bits per heavy atom. The molecule has 306 valence electrons. The predicted molar refractivity (Wildman–Crippen MR) is 222 cm³/mol. The van der Waals surface area contributed by atoms with Gasteiger partial charge >= 0.3 is 11.9 Å². The van der Waals surface area contributed by atoms with Crippen LogP contribution in [0.4, 0.5) is 0 Å². The minimum Gasteiger partial charge on any atom is -0.544 e. The number of hydrogen-bond acceptors (Lipinski definition) is 7. The number of carboxylic acid groups (broad SMARTS) is 1. The van der Waals surface area contributed by atoms with Crippen molar-refractivity contribution in [3.05, 3.63) is 85.1 Å². The van der Waals surface area contributed by atoms with E-state index in [0.29, 0.717) is 19.3 Å². The zero-order valence-electron chi connectivity index (χ0n) is 34.6. The summed E-state index contributed by atoms with van der Waals surface area (Å²) in [4.78, 5) is 36.8. The normalized spacial score (nSPS) is 13.9. The number of aliphatic carboxylic acids is 1. The van der Waals surface area contributed by atoms with Crippen molar-refractivity contribution in [2.75, 3.05) is 41.0 Å². The van der Waals surface area contributed by atoms with Crippen molar-refractivity contribution < 1.29 is 38.2 Å². The number of rotatable bonds is 35. The Bertz CT molecular complexity index is 1160. The lowest BCUT2D eigenvalue weighted by atomic mass is 10.1. The molecule has 54 heavy (non-hydrogen) atoms. The van der Waals surface area contributed by atoms with E-state index in [2.05, 4.69) is 50.3 Å². The van der Waals surface area contributed by atoms with Crippen LogP contribution in [0, 0.1) is 0 Å². The Morgan fingerprint density at radius 3 is 1.57 bits per heavy atom. The van der Waals surface area contributed by atoms with E-state index < -0.39 is 18.1 Å². The Morgan fingerprint density at radius 2 is 1.04 bits per heavy atom. The number of carbonyl (C=O) groups excluding carboxylic acids is 3. The summed E-state index contributed by atoms with van der Waals surface area (Å²) in [6, 6.07) is -0.739. The van der Waals surface area contributed by atoms with Crippen LogP contribution in [0.2, 0.25) is 0 Å². The second kappa shape index (κ2) is 36.5. The molecule has 0 aliphatic carbocycles. The van der Waals surface area contributed by atoms with Crippen molar-refractivity contribution in [3.8, 4) is 0 Å². The van der Waals surface area contributed by atoms with Crippen molar-refractivity contribution >= 4 is 17.9 Å². The van der Waals surface area contributed by atoms with Crippen LogP contribution in [0.25, 0.3) is 0 Å². The quantitative estimate of drug-likeness (QED) is 0.0275. The molecule has 0 rings (SSSR count). The van der Waals surface area contributed by atoms with Gasteiger partial charge in [-0.15, -0.1) is 0 Å². The Kier molecular flexibility index (Phi) is 34.1. The maximum atomic E-state index is 12.7. The average molecular weight is 754 g/mol. The fraction of sp³-hybridized carbons (Fsp3) is 0.630. The minimum absolute atomic E-state index is 0.0165. The van der Waals surface area contributed by atoms with Crippen LogP contribution in [-0.2, 0) is 28.6 Å². The standard InChI is InChI=1S/C46H75NO7/c1-6-8-10-12-14-16-18-20-22-24-26-28-30-32-34-36-44(48)53-41-42(40-52-39-38-43(46(50)51)47(3,4)5)54-45(49)37-35-33-31-29-27-25-23-21-19-17-15-13-11-9-7-2/h8,10,12,14-22,24,26,42-43H,6-7,9,11,13,23,25,27-41H2,1-5H3/b10-8+,14-12+,17-15+,18-16+,21-19+,22-20+,26-24+. The van der Waals surface area contributed by atoms with E-state index in [1.165, 1.54) is 32.1 Å². The molecule has 0 amide bonds. The van der Waals surface area contributed by atoms with E-state index in [0.717, 1.165) is 64.2 Å². The first-order valence-corrected chi connectivity index (χ1v) is 20.7. The summed E-state index contributed by atoms with van der Waals surface area (Å²) in [6.07, 6.45) is 46.0. The topological polar surface area (TPSA) is 102 Å². The molecule has 0 N–H and O–H groups in total. The van der Waals surface area contributed by atoms with Gasteiger partial charge in [-0.1, -0.05) is 144 Å². The highest BCUT2D eigenvalue weighted by atomic mass is 16.6. The van der Waals surface area contributed by atoms with Gasteiger partial charge in [0.1, 0.15) is 12.6 Å². The van der Waals surface area contributed by atoms with Gasteiger partial charge in [0.25, 0.3) is 0 Å². The number of hydrogen-bond donors (Lipinski definition) is 0. The van der Waals surface area contributed by atoms with Crippen molar-refractivity contribution in [3.63, 3.8) is 0 Å². The van der Waals surface area contributed by atoms with Crippen LogP contribution in [0.5, 0.6) is 0 Å². The van der Waals surface area contributed by atoms with Crippen molar-refractivity contribution in [1.29, 1.82) is 0 Å². The lowest BCUT2D eigenvalue weighted by molar-refractivity contribution is -0.889. The molecule has 0 saturated carbocycles. The van der Waals surface area contributed by atoms with Gasteiger partial charge in [-0.3, -0.25) is 9.59 Å². The third kappa shape index (κ3) is 34.3. The average Bonchev–Trinajstić information content (AvgIpc) is 3.12. The van der Waals surface area contributed by atoms with E-state index in [9.17, 15) is 19.5 Å². The Balaban J connectivity index is 4.51. The zero-order valence-corrected chi connectivity index (χ0v) is 34.6. The number of unbranched alkanes of at least 4 members (excludes halogenated alkanes) is 12. The van der Waals surface area contributed by atoms with Crippen LogP contribution in [0.15, 0.2) is 85.1 Å². The zero-order chi connectivity index (χ0) is 40.0. The molecule has 0 spiro atoms. The summed E-state index contributed by atoms with van der Waals surface area (Å²) in [5, 5.41) is 11.6. The van der Waals surface area contributed by atoms with E-state index in [4.69, 9.17) is 14.2 Å². The first-order chi connectivity index (χ1) is 26.1. The van der Waals surface area contributed by atoms with Gasteiger partial charge in [0, 0.05) is 19.3 Å². The highest BCUT2D eigenvalue weighted by molar-refractivity contribution is 5.70. The second-order valence-corrected chi connectivity index (χ2v) is 14.6. The lowest BCUT2D eigenvalue weighted by Gasteiger charge is -2.34. The van der Waals surface area contributed by atoms with Gasteiger partial charge in [0.15, 0.2) is 6.10 Å². The third-order valence-electron chi connectivity index (χ3n) is 8.67. The van der Waals surface area contributed by atoms with Crippen LogP contribution in [0.3, 0.4) is 0 Å². The number of ether oxygens (including phenoxy) is 3. The molecule has 0 aromatic heterocycles. The van der Waals surface area contributed by atoms with Crippen LogP contribution in [0.1, 0.15) is 136 Å². The first-order valence-electron chi connectivity index (χ1n) is 20.7. The lowest BCUT2D eigenvalue weighted by Crippen LogP contribution is -2.55. The molecule has 0 bridgehead atoms. The van der Waals surface area contributed by atoms with E-state index >= 15 is 0 Å². The number of allylic oxidation sites excluding steroid dienone is 14. The molecule has 0 aliphatic heterocycles. The number of quaternary nitrogens is 1. The number of carboxylic acids is 1. The van der Waals surface area contributed by atoms with Crippen molar-refractivity contribution in [2.24, 2.45) is 0 Å². The first kappa shape index (κ1) is 50.5. The maximum Gasteiger partial charge on any atom is 0.306 e. The monoisotopic (exact) mass is 754 g/mol. The van der Waals surface area contributed by atoms with Crippen LogP contribution < -0.4 is 5.11 Å². The molecule has 0 aromatic carbocycles. The number of esters is 2. The fourth-order valence-electron chi connectivity index (χ4n) is 5.43. The number of nitrogens with zero attached hydrogens (tertiary/aromatic N) is 1. The SMILES string of the molecule is CC/C=C/C=C/C=C/C=C/C=C/CCCCCC(=O)OCC(COCCC(C(=O)[O-])[N+](C)(C)C)OC(=O)CCCCCCCC/C=C/C=C/CCCCC. The molecular weight excluding hydrogens is 679 g/mol. The van der Waals surface area contributed by atoms with Gasteiger partial charge in [-0.2, -0.15) is 0 Å². The van der Waals surface area contributed by atoms with Crippen molar-refractivity contribution in [1.82, 2.24) is 0 Å². The highest BCUT2D eigenvalue weighted by Crippen LogP contribution is 2.12. The number of likely N-dealkylation sites (N-methyl/N-ethyl adjacent to an activating group) is 1. The molecular formula is C46H75NO7. The molecule has 0 heterocycles. The van der Waals surface area contributed by atoms with Gasteiger partial charge in [-0.25, -0.2) is 0 Å². The predicted octanol–water partition coefficient (Wildman–Crippen LogP) is 9.63. The molecule has 8 heteroatoms. The maximum absolute atomic E-state index is 12.7. The fourth-order valence-corrected chi connectivity index (χ4v) is 5.43. The Labute approximate surface area is 329 Å². The van der Waals surface area contributed by atoms with Gasteiger partial charge < -0.3 is 28.6 Å². The number of carbonyl (C=O) groups is 3. The molecule has 2 unspecified atom stereocenters. The van der Waals surface area contributed by atoms with Gasteiger partial charge in [0.05, 0.1) is 40.3 Å². The van der Waals surface area contributed by atoms with Crippen molar-refractivity contribution in [2.45, 2.75) is 148 Å². The van der Waals surface area contributed by atoms with Crippen LogP contribution >= 0.6 is 0 Å². The minimum atomic E-state index is -1.14. The third-order valence-corrected chi connectivity index (χ3v) is 8.67. The smallest absolute Gasteiger partial charge is 0.306 e.